The molecule has 0 N–H and O–H groups in total. The van der Waals surface area contributed by atoms with E-state index in [2.05, 4.69) is 4.74 Å². The maximum atomic E-state index is 14.7. The van der Waals surface area contributed by atoms with Crippen molar-refractivity contribution in [3.8, 4) is 16.9 Å². The number of halogens is 9. The molecular formula is C26H19F9O. The van der Waals surface area contributed by atoms with Crippen LogP contribution in [-0.2, 0) is 6.11 Å². The van der Waals surface area contributed by atoms with Gasteiger partial charge in [0.05, 0.1) is 0 Å². The number of hydrogen-bond acceptors (Lipinski definition) is 1. The highest BCUT2D eigenvalue weighted by atomic mass is 19.3. The second-order valence-corrected chi connectivity index (χ2v) is 8.93. The number of ether oxygens (including phenoxy) is 1. The van der Waals surface area contributed by atoms with Crippen molar-refractivity contribution in [1.82, 2.24) is 0 Å². The van der Waals surface area contributed by atoms with Gasteiger partial charge in [-0.3, -0.25) is 0 Å². The Kier molecular flexibility index (Phi) is 6.99. The smallest absolute Gasteiger partial charge is 0.425 e. The molecule has 1 nitrogen and oxygen atoms in total. The van der Waals surface area contributed by atoms with Crippen LogP contribution in [0.15, 0.2) is 36.4 Å². The Morgan fingerprint density at radius 2 is 1.25 bits per heavy atom. The molecule has 3 aromatic rings. The molecule has 0 aliphatic heterocycles. The highest BCUT2D eigenvalue weighted by Gasteiger charge is 2.42. The van der Waals surface area contributed by atoms with E-state index in [9.17, 15) is 39.5 Å². The van der Waals surface area contributed by atoms with Crippen molar-refractivity contribution in [2.45, 2.75) is 44.6 Å². The first-order chi connectivity index (χ1) is 16.9. The fourth-order valence-corrected chi connectivity index (χ4v) is 4.43. The maximum absolute atomic E-state index is 14.7. The van der Waals surface area contributed by atoms with Crippen LogP contribution >= 0.6 is 0 Å². The topological polar surface area (TPSA) is 9.23 Å². The van der Waals surface area contributed by atoms with Gasteiger partial charge in [0.15, 0.2) is 29.0 Å². The van der Waals surface area contributed by atoms with Gasteiger partial charge in [0.2, 0.25) is 5.82 Å². The Bertz CT molecular complexity index is 1250. The third-order valence-electron chi connectivity index (χ3n) is 6.42. The van der Waals surface area contributed by atoms with Gasteiger partial charge in [-0.25, -0.2) is 26.3 Å². The van der Waals surface area contributed by atoms with Gasteiger partial charge in [-0.2, -0.15) is 13.2 Å². The zero-order valence-corrected chi connectivity index (χ0v) is 18.8. The molecule has 10 heteroatoms. The van der Waals surface area contributed by atoms with Crippen molar-refractivity contribution in [2.24, 2.45) is 5.92 Å². The summed E-state index contributed by atoms with van der Waals surface area (Å²) in [6, 6.07) is 3.47. The molecule has 0 amide bonds. The Hall–Kier alpha value is -3.17. The number of benzene rings is 3. The van der Waals surface area contributed by atoms with E-state index < -0.39 is 69.3 Å². The molecule has 1 aliphatic carbocycles. The lowest BCUT2D eigenvalue weighted by Crippen LogP contribution is -2.26. The fourth-order valence-electron chi connectivity index (χ4n) is 4.43. The summed E-state index contributed by atoms with van der Waals surface area (Å²) in [5, 5.41) is 0. The van der Waals surface area contributed by atoms with Gasteiger partial charge in [0.1, 0.15) is 17.2 Å². The van der Waals surface area contributed by atoms with Gasteiger partial charge in [-0.15, -0.1) is 0 Å². The molecule has 0 spiro atoms. The zero-order chi connectivity index (χ0) is 26.4. The maximum Gasteiger partial charge on any atom is 0.432 e. The summed E-state index contributed by atoms with van der Waals surface area (Å²) >= 11 is 0. The van der Waals surface area contributed by atoms with Crippen LogP contribution in [0, 0.1) is 46.6 Å². The molecule has 0 unspecified atom stereocenters. The Morgan fingerprint density at radius 3 is 1.81 bits per heavy atom. The van der Waals surface area contributed by atoms with Crippen molar-refractivity contribution in [2.75, 3.05) is 0 Å². The van der Waals surface area contributed by atoms with Crippen molar-refractivity contribution in [3.63, 3.8) is 0 Å². The molecule has 0 saturated heterocycles. The van der Waals surface area contributed by atoms with Crippen LogP contribution < -0.4 is 4.74 Å². The van der Waals surface area contributed by atoms with Crippen molar-refractivity contribution < 1.29 is 44.3 Å². The van der Waals surface area contributed by atoms with Crippen LogP contribution in [0.3, 0.4) is 0 Å². The van der Waals surface area contributed by atoms with Crippen LogP contribution in [-0.4, -0.2) is 0 Å². The lowest BCUT2D eigenvalue weighted by Gasteiger charge is -2.27. The largest absolute Gasteiger partial charge is 0.432 e. The molecule has 36 heavy (non-hydrogen) atoms. The summed E-state index contributed by atoms with van der Waals surface area (Å²) in [7, 11) is 0. The monoisotopic (exact) mass is 518 g/mol. The zero-order valence-electron chi connectivity index (χ0n) is 18.8. The predicted molar refractivity (Wildman–Crippen MR) is 113 cm³/mol. The normalized spacial score (nSPS) is 18.4. The van der Waals surface area contributed by atoms with E-state index in [-0.39, 0.29) is 11.5 Å². The standard InChI is InChI=1S/C26H19F9O/c1-12-2-4-13(5-3-12)14-8-17(27)22(18(28)9-14)26(34,35)36-21-7-6-16(23(31)25(21)33)15-10-19(29)24(32)20(30)11-15/h6-13H,2-5H2,1H3. The molecular weight excluding hydrogens is 499 g/mol. The van der Waals surface area contributed by atoms with Gasteiger partial charge < -0.3 is 4.74 Å². The molecule has 0 heterocycles. The first kappa shape index (κ1) is 25.9. The fraction of sp³-hybridized carbons (Fsp3) is 0.308. The highest BCUT2D eigenvalue weighted by Crippen LogP contribution is 2.41. The highest BCUT2D eigenvalue weighted by molar-refractivity contribution is 5.65. The summed E-state index contributed by atoms with van der Waals surface area (Å²) in [6.07, 6.45) is -1.80. The Morgan fingerprint density at radius 1 is 0.694 bits per heavy atom. The van der Waals surface area contributed by atoms with Crippen molar-refractivity contribution >= 4 is 0 Å². The minimum Gasteiger partial charge on any atom is -0.425 e. The van der Waals surface area contributed by atoms with E-state index in [0.717, 1.165) is 25.0 Å². The Labute approximate surface area is 200 Å². The number of alkyl halides is 2. The molecule has 1 fully saturated rings. The van der Waals surface area contributed by atoms with E-state index in [1.807, 2.05) is 6.92 Å². The van der Waals surface area contributed by atoms with Gasteiger partial charge >= 0.3 is 6.11 Å². The van der Waals surface area contributed by atoms with E-state index >= 15 is 0 Å². The van der Waals surface area contributed by atoms with Crippen molar-refractivity contribution in [1.29, 1.82) is 0 Å². The van der Waals surface area contributed by atoms with Gasteiger partial charge in [0, 0.05) is 5.56 Å². The van der Waals surface area contributed by atoms with Crippen LogP contribution in [0.25, 0.3) is 11.1 Å². The van der Waals surface area contributed by atoms with Crippen LogP contribution in [0.4, 0.5) is 39.5 Å². The average molecular weight is 518 g/mol. The molecule has 192 valence electrons. The van der Waals surface area contributed by atoms with Crippen LogP contribution in [0.1, 0.15) is 49.7 Å². The van der Waals surface area contributed by atoms with Gasteiger partial charge in [0.25, 0.3) is 0 Å². The molecule has 0 aromatic heterocycles. The summed E-state index contributed by atoms with van der Waals surface area (Å²) in [5.41, 5.74) is -2.96. The Balaban J connectivity index is 1.63. The summed E-state index contributed by atoms with van der Waals surface area (Å²) < 4.78 is 132. The summed E-state index contributed by atoms with van der Waals surface area (Å²) in [5.74, 6) is -13.4. The molecule has 0 radical (unpaired) electrons. The van der Waals surface area contributed by atoms with Gasteiger partial charge in [-0.05, 0) is 72.2 Å². The minimum absolute atomic E-state index is 0.200. The lowest BCUT2D eigenvalue weighted by molar-refractivity contribution is -0.191. The average Bonchev–Trinajstić information content (AvgIpc) is 2.80. The van der Waals surface area contributed by atoms with E-state index in [1.165, 1.54) is 0 Å². The van der Waals surface area contributed by atoms with E-state index in [0.29, 0.717) is 43.0 Å². The number of hydrogen-bond donors (Lipinski definition) is 0. The third-order valence-corrected chi connectivity index (χ3v) is 6.42. The minimum atomic E-state index is -4.74. The quantitative estimate of drug-likeness (QED) is 0.242. The first-order valence-corrected chi connectivity index (χ1v) is 11.1. The SMILES string of the molecule is CC1CCC(c2cc(F)c(C(F)(F)Oc3ccc(-c4cc(F)c(F)c(F)c4)c(F)c3F)c(F)c2)CC1. The summed E-state index contributed by atoms with van der Waals surface area (Å²) in [6.45, 7) is 2.04. The molecule has 0 atom stereocenters. The van der Waals surface area contributed by atoms with Crippen LogP contribution in [0.2, 0.25) is 0 Å². The molecule has 4 rings (SSSR count). The van der Waals surface area contributed by atoms with Gasteiger partial charge in [-0.1, -0.05) is 19.8 Å². The third kappa shape index (κ3) is 4.90. The first-order valence-electron chi connectivity index (χ1n) is 11.1. The lowest BCUT2D eigenvalue weighted by atomic mass is 9.79. The second-order valence-electron chi connectivity index (χ2n) is 8.93. The summed E-state index contributed by atoms with van der Waals surface area (Å²) in [4.78, 5) is 0. The molecule has 1 saturated carbocycles. The molecule has 1 aliphatic rings. The molecule has 0 bridgehead atoms. The predicted octanol–water partition coefficient (Wildman–Crippen LogP) is 8.75. The van der Waals surface area contributed by atoms with E-state index in [1.54, 1.807) is 0 Å². The molecule has 3 aromatic carbocycles. The number of rotatable bonds is 5. The van der Waals surface area contributed by atoms with Crippen molar-refractivity contribution in [3.05, 3.63) is 88.2 Å². The second kappa shape index (κ2) is 9.71. The van der Waals surface area contributed by atoms with Crippen LogP contribution in [0.5, 0.6) is 5.75 Å². The van der Waals surface area contributed by atoms with E-state index in [4.69, 9.17) is 0 Å².